The van der Waals surface area contributed by atoms with Gasteiger partial charge in [-0.15, -0.1) is 10.2 Å². The Balaban J connectivity index is 2.13. The zero-order valence-electron chi connectivity index (χ0n) is 11.9. The van der Waals surface area contributed by atoms with E-state index in [0.29, 0.717) is 11.5 Å². The molecule has 2 rings (SSSR count). The number of piperidine rings is 1. The number of carbonyl (C=O) groups is 1. The summed E-state index contributed by atoms with van der Waals surface area (Å²) in [5, 5.41) is 11.1. The summed E-state index contributed by atoms with van der Waals surface area (Å²) >= 11 is 0. The molecule has 0 saturated carbocycles. The Bertz CT molecular complexity index is 422. The normalized spacial score (nSPS) is 23.2. The van der Waals surface area contributed by atoms with E-state index in [1.54, 1.807) is 6.07 Å². The highest BCUT2D eigenvalue weighted by molar-refractivity contribution is 5.92. The van der Waals surface area contributed by atoms with Crippen molar-refractivity contribution in [1.82, 2.24) is 15.1 Å². The van der Waals surface area contributed by atoms with Crippen LogP contribution in [0.15, 0.2) is 12.1 Å². The maximum absolute atomic E-state index is 12.5. The first-order valence-corrected chi connectivity index (χ1v) is 7.03. The summed E-state index contributed by atoms with van der Waals surface area (Å²) in [7, 11) is 0. The lowest BCUT2D eigenvalue weighted by atomic mass is 9.97. The van der Waals surface area contributed by atoms with Crippen molar-refractivity contribution in [2.45, 2.75) is 52.1 Å². The molecule has 104 valence electrons. The molecule has 0 bridgehead atoms. The van der Waals surface area contributed by atoms with Crippen molar-refractivity contribution in [3.8, 4) is 0 Å². The first-order valence-electron chi connectivity index (χ1n) is 7.03. The SMILES string of the molecule is CCNc1ccc(C(=O)N2[C@H](C)CCC[C@@H]2C)nn1. The third kappa shape index (κ3) is 3.03. The van der Waals surface area contributed by atoms with Crippen molar-refractivity contribution in [3.05, 3.63) is 17.8 Å². The molecule has 1 saturated heterocycles. The van der Waals surface area contributed by atoms with Gasteiger partial charge in [0.1, 0.15) is 5.82 Å². The van der Waals surface area contributed by atoms with Gasteiger partial charge in [-0.1, -0.05) is 0 Å². The van der Waals surface area contributed by atoms with Gasteiger partial charge in [0.15, 0.2) is 5.69 Å². The fourth-order valence-electron chi connectivity index (χ4n) is 2.68. The lowest BCUT2D eigenvalue weighted by Gasteiger charge is -2.38. The Morgan fingerprint density at radius 2 is 2.00 bits per heavy atom. The highest BCUT2D eigenvalue weighted by atomic mass is 16.2. The van der Waals surface area contributed by atoms with Crippen molar-refractivity contribution in [2.24, 2.45) is 0 Å². The van der Waals surface area contributed by atoms with Crippen molar-refractivity contribution >= 4 is 11.7 Å². The van der Waals surface area contributed by atoms with Gasteiger partial charge in [0.2, 0.25) is 0 Å². The van der Waals surface area contributed by atoms with Crippen LogP contribution in [-0.2, 0) is 0 Å². The van der Waals surface area contributed by atoms with Gasteiger partial charge in [-0.3, -0.25) is 4.79 Å². The van der Waals surface area contributed by atoms with Crippen LogP contribution in [0.4, 0.5) is 5.82 Å². The number of nitrogens with zero attached hydrogens (tertiary/aromatic N) is 3. The summed E-state index contributed by atoms with van der Waals surface area (Å²) in [4.78, 5) is 14.4. The summed E-state index contributed by atoms with van der Waals surface area (Å²) < 4.78 is 0. The van der Waals surface area contributed by atoms with Crippen LogP contribution < -0.4 is 5.32 Å². The molecule has 5 nitrogen and oxygen atoms in total. The Morgan fingerprint density at radius 1 is 1.32 bits per heavy atom. The van der Waals surface area contributed by atoms with Crippen LogP contribution in [0.5, 0.6) is 0 Å². The maximum atomic E-state index is 12.5. The zero-order valence-corrected chi connectivity index (χ0v) is 11.9. The van der Waals surface area contributed by atoms with E-state index in [-0.39, 0.29) is 18.0 Å². The number of likely N-dealkylation sites (tertiary alicyclic amines) is 1. The van der Waals surface area contributed by atoms with Crippen molar-refractivity contribution < 1.29 is 4.79 Å². The van der Waals surface area contributed by atoms with E-state index < -0.39 is 0 Å². The summed E-state index contributed by atoms with van der Waals surface area (Å²) in [6, 6.07) is 4.13. The number of aromatic nitrogens is 2. The van der Waals surface area contributed by atoms with Gasteiger partial charge in [0, 0.05) is 18.6 Å². The smallest absolute Gasteiger partial charge is 0.274 e. The first-order chi connectivity index (χ1) is 9.13. The molecule has 19 heavy (non-hydrogen) atoms. The Hall–Kier alpha value is -1.65. The Morgan fingerprint density at radius 3 is 2.53 bits per heavy atom. The molecule has 5 heteroatoms. The largest absolute Gasteiger partial charge is 0.369 e. The molecule has 1 aromatic rings. The van der Waals surface area contributed by atoms with E-state index in [2.05, 4.69) is 29.4 Å². The quantitative estimate of drug-likeness (QED) is 0.908. The topological polar surface area (TPSA) is 58.1 Å². The Kier molecular flexibility index (Phi) is 4.35. The lowest BCUT2D eigenvalue weighted by Crippen LogP contribution is -2.47. The highest BCUT2D eigenvalue weighted by Gasteiger charge is 2.30. The molecule has 1 amide bonds. The van der Waals surface area contributed by atoms with Gasteiger partial charge in [-0.05, 0) is 52.2 Å². The number of carbonyl (C=O) groups excluding carboxylic acids is 1. The summed E-state index contributed by atoms with van der Waals surface area (Å²) in [6.45, 7) is 7.00. The second kappa shape index (κ2) is 5.99. The molecule has 1 N–H and O–H groups in total. The summed E-state index contributed by atoms with van der Waals surface area (Å²) in [5.41, 5.74) is 0.433. The van der Waals surface area contributed by atoms with E-state index in [1.165, 1.54) is 6.42 Å². The Labute approximate surface area is 114 Å². The van der Waals surface area contributed by atoms with Gasteiger partial charge in [0.25, 0.3) is 5.91 Å². The van der Waals surface area contributed by atoms with Gasteiger partial charge in [0.05, 0.1) is 0 Å². The van der Waals surface area contributed by atoms with E-state index >= 15 is 0 Å². The second-order valence-electron chi connectivity index (χ2n) is 5.18. The number of rotatable bonds is 3. The molecule has 0 aliphatic carbocycles. The molecular formula is C14H22N4O. The number of hydrogen-bond donors (Lipinski definition) is 1. The number of hydrogen-bond acceptors (Lipinski definition) is 4. The van der Waals surface area contributed by atoms with Crippen LogP contribution in [0.3, 0.4) is 0 Å². The molecule has 0 spiro atoms. The molecule has 0 unspecified atom stereocenters. The van der Waals surface area contributed by atoms with Crippen LogP contribution in [-0.4, -0.2) is 39.6 Å². The number of amides is 1. The third-order valence-electron chi connectivity index (χ3n) is 3.67. The predicted molar refractivity (Wildman–Crippen MR) is 75.1 cm³/mol. The van der Waals surface area contributed by atoms with Crippen LogP contribution in [0.1, 0.15) is 50.5 Å². The van der Waals surface area contributed by atoms with E-state index in [0.717, 1.165) is 19.4 Å². The van der Waals surface area contributed by atoms with Crippen molar-refractivity contribution in [2.75, 3.05) is 11.9 Å². The molecule has 2 atom stereocenters. The fraction of sp³-hybridized carbons (Fsp3) is 0.643. The predicted octanol–water partition coefficient (Wildman–Crippen LogP) is 2.31. The van der Waals surface area contributed by atoms with E-state index in [9.17, 15) is 4.79 Å². The van der Waals surface area contributed by atoms with Crippen molar-refractivity contribution in [3.63, 3.8) is 0 Å². The number of anilines is 1. The van der Waals surface area contributed by atoms with Crippen LogP contribution in [0.25, 0.3) is 0 Å². The molecule has 1 aliphatic heterocycles. The molecule has 0 radical (unpaired) electrons. The third-order valence-corrected chi connectivity index (χ3v) is 3.67. The fourth-order valence-corrected chi connectivity index (χ4v) is 2.68. The molecule has 1 aromatic heterocycles. The summed E-state index contributed by atoms with van der Waals surface area (Å²) in [5.74, 6) is 0.703. The molecular weight excluding hydrogens is 240 g/mol. The van der Waals surface area contributed by atoms with Crippen LogP contribution >= 0.6 is 0 Å². The molecule has 1 fully saturated rings. The average molecular weight is 262 g/mol. The molecule has 1 aliphatic rings. The average Bonchev–Trinajstić information content (AvgIpc) is 2.39. The maximum Gasteiger partial charge on any atom is 0.274 e. The lowest BCUT2D eigenvalue weighted by molar-refractivity contribution is 0.0503. The second-order valence-corrected chi connectivity index (χ2v) is 5.18. The van der Waals surface area contributed by atoms with Gasteiger partial charge >= 0.3 is 0 Å². The molecule has 2 heterocycles. The summed E-state index contributed by atoms with van der Waals surface area (Å²) in [6.07, 6.45) is 3.33. The standard InChI is InChI=1S/C14H22N4O/c1-4-15-13-9-8-12(16-17-13)14(19)18-10(2)6-5-7-11(18)3/h8-11H,4-7H2,1-3H3,(H,15,17)/t10-,11+. The van der Waals surface area contributed by atoms with Gasteiger partial charge in [-0.2, -0.15) is 0 Å². The van der Waals surface area contributed by atoms with Crippen LogP contribution in [0, 0.1) is 0 Å². The highest BCUT2D eigenvalue weighted by Crippen LogP contribution is 2.24. The first kappa shape index (κ1) is 13.8. The minimum atomic E-state index is -0.00440. The minimum Gasteiger partial charge on any atom is -0.369 e. The monoisotopic (exact) mass is 262 g/mol. The number of nitrogens with one attached hydrogen (secondary N) is 1. The van der Waals surface area contributed by atoms with Gasteiger partial charge in [-0.25, -0.2) is 0 Å². The van der Waals surface area contributed by atoms with Gasteiger partial charge < -0.3 is 10.2 Å². The van der Waals surface area contributed by atoms with E-state index in [4.69, 9.17) is 0 Å². The van der Waals surface area contributed by atoms with Crippen molar-refractivity contribution in [1.29, 1.82) is 0 Å². The zero-order chi connectivity index (χ0) is 13.8. The van der Waals surface area contributed by atoms with Crippen LogP contribution in [0.2, 0.25) is 0 Å². The van der Waals surface area contributed by atoms with E-state index in [1.807, 2.05) is 17.9 Å². The minimum absolute atomic E-state index is 0.00440. The molecule has 0 aromatic carbocycles.